The molecule has 3 rings (SSSR count). The molecule has 2 aromatic carbocycles. The molecule has 0 atom stereocenters. The zero-order chi connectivity index (χ0) is 19.6. The first kappa shape index (κ1) is 19.1. The average Bonchev–Trinajstić information content (AvgIpc) is 3.05. The molecule has 2 aromatic rings. The Hall–Kier alpha value is -2.71. The molecular formula is C19H21N3O4S. The maximum atomic E-state index is 12.4. The van der Waals surface area contributed by atoms with Crippen molar-refractivity contribution in [2.24, 2.45) is 5.14 Å². The fourth-order valence-corrected chi connectivity index (χ4v) is 3.56. The number of rotatable bonds is 5. The molecular weight excluding hydrogens is 366 g/mol. The van der Waals surface area contributed by atoms with Crippen LogP contribution in [-0.2, 0) is 21.4 Å². The Morgan fingerprint density at radius 3 is 2.48 bits per heavy atom. The van der Waals surface area contributed by atoms with E-state index in [9.17, 15) is 18.0 Å². The lowest BCUT2D eigenvalue weighted by Crippen LogP contribution is -2.25. The number of nitrogens with zero attached hydrogens (tertiary/aromatic N) is 1. The van der Waals surface area contributed by atoms with Crippen molar-refractivity contribution in [2.45, 2.75) is 31.2 Å². The number of aryl methyl sites for hydroxylation is 1. The number of hydrogen-bond donors (Lipinski definition) is 2. The molecule has 3 N–H and O–H groups in total. The number of anilines is 1. The molecule has 1 aliphatic rings. The maximum absolute atomic E-state index is 12.4. The molecule has 1 fully saturated rings. The predicted octanol–water partition coefficient (Wildman–Crippen LogP) is 1.70. The summed E-state index contributed by atoms with van der Waals surface area (Å²) in [4.78, 5) is 25.9. The van der Waals surface area contributed by atoms with Gasteiger partial charge in [0.05, 0.1) is 4.90 Å². The Morgan fingerprint density at radius 1 is 1.19 bits per heavy atom. The number of sulfonamides is 1. The second kappa shape index (κ2) is 7.50. The fraction of sp³-hybridized carbons (Fsp3) is 0.263. The van der Waals surface area contributed by atoms with Crippen molar-refractivity contribution in [1.82, 2.24) is 5.32 Å². The first-order chi connectivity index (χ1) is 12.8. The Morgan fingerprint density at radius 2 is 1.89 bits per heavy atom. The van der Waals surface area contributed by atoms with Crippen molar-refractivity contribution in [3.8, 4) is 0 Å². The number of amides is 2. The van der Waals surface area contributed by atoms with Gasteiger partial charge in [-0.25, -0.2) is 13.6 Å². The highest BCUT2D eigenvalue weighted by Gasteiger charge is 2.21. The van der Waals surface area contributed by atoms with Crippen LogP contribution in [0.2, 0.25) is 0 Å². The lowest BCUT2D eigenvalue weighted by atomic mass is 10.1. The van der Waals surface area contributed by atoms with Crippen molar-refractivity contribution in [3.63, 3.8) is 0 Å². The van der Waals surface area contributed by atoms with Gasteiger partial charge < -0.3 is 10.2 Å². The Kier molecular flexibility index (Phi) is 5.29. The van der Waals surface area contributed by atoms with E-state index in [-0.39, 0.29) is 28.8 Å². The Balaban J connectivity index is 1.68. The first-order valence-electron chi connectivity index (χ1n) is 8.56. The van der Waals surface area contributed by atoms with E-state index in [2.05, 4.69) is 5.32 Å². The molecule has 0 radical (unpaired) electrons. The minimum absolute atomic E-state index is 0.0992. The highest BCUT2D eigenvalue weighted by Crippen LogP contribution is 2.21. The molecule has 8 heteroatoms. The van der Waals surface area contributed by atoms with Gasteiger partial charge >= 0.3 is 0 Å². The van der Waals surface area contributed by atoms with Crippen molar-refractivity contribution in [1.29, 1.82) is 0 Å². The van der Waals surface area contributed by atoms with Gasteiger partial charge in [-0.3, -0.25) is 9.59 Å². The summed E-state index contributed by atoms with van der Waals surface area (Å²) in [6.07, 6.45) is 1.45. The van der Waals surface area contributed by atoms with Crippen LogP contribution in [0.3, 0.4) is 0 Å². The predicted molar refractivity (Wildman–Crippen MR) is 102 cm³/mol. The van der Waals surface area contributed by atoms with Crippen LogP contribution in [0.25, 0.3) is 0 Å². The second-order valence-corrected chi connectivity index (χ2v) is 8.08. The van der Waals surface area contributed by atoms with Crippen LogP contribution < -0.4 is 15.4 Å². The van der Waals surface area contributed by atoms with Gasteiger partial charge in [-0.2, -0.15) is 0 Å². The molecule has 1 aliphatic heterocycles. The van der Waals surface area contributed by atoms with E-state index in [1.165, 1.54) is 12.1 Å². The standard InChI is InChI=1S/C19H21N3O4S/c1-13-4-9-16(27(20,25)26)11-17(13)19(24)21-12-14-5-7-15(8-6-14)22-10-2-3-18(22)23/h4-9,11H,2-3,10,12H2,1H3,(H,21,24)(H2,20,25,26). The third-order valence-corrected chi connectivity index (χ3v) is 5.47. The number of nitrogens with two attached hydrogens (primary N) is 1. The lowest BCUT2D eigenvalue weighted by Gasteiger charge is -2.16. The molecule has 0 saturated carbocycles. The molecule has 142 valence electrons. The summed E-state index contributed by atoms with van der Waals surface area (Å²) >= 11 is 0. The number of primary sulfonamides is 1. The zero-order valence-electron chi connectivity index (χ0n) is 14.9. The second-order valence-electron chi connectivity index (χ2n) is 6.52. The van der Waals surface area contributed by atoms with Gasteiger partial charge in [-0.05, 0) is 48.7 Å². The average molecular weight is 387 g/mol. The van der Waals surface area contributed by atoms with Crippen molar-refractivity contribution < 1.29 is 18.0 Å². The summed E-state index contributed by atoms with van der Waals surface area (Å²) < 4.78 is 23.0. The lowest BCUT2D eigenvalue weighted by molar-refractivity contribution is -0.117. The molecule has 2 amide bonds. The molecule has 0 aromatic heterocycles. The quantitative estimate of drug-likeness (QED) is 0.814. The normalized spacial score (nSPS) is 14.4. The summed E-state index contributed by atoms with van der Waals surface area (Å²) in [6, 6.07) is 11.6. The topological polar surface area (TPSA) is 110 Å². The molecule has 7 nitrogen and oxygen atoms in total. The number of carbonyl (C=O) groups is 2. The fourth-order valence-electron chi connectivity index (χ4n) is 3.02. The Labute approximate surface area is 158 Å². The van der Waals surface area contributed by atoms with Crippen LogP contribution in [0.15, 0.2) is 47.4 Å². The van der Waals surface area contributed by atoms with Gasteiger partial charge in [-0.15, -0.1) is 0 Å². The van der Waals surface area contributed by atoms with Crippen LogP contribution >= 0.6 is 0 Å². The van der Waals surface area contributed by atoms with Crippen LogP contribution in [0.1, 0.15) is 34.3 Å². The van der Waals surface area contributed by atoms with Gasteiger partial charge in [0.1, 0.15) is 0 Å². The van der Waals surface area contributed by atoms with Crippen LogP contribution in [0.5, 0.6) is 0 Å². The molecule has 1 saturated heterocycles. The monoisotopic (exact) mass is 387 g/mol. The van der Waals surface area contributed by atoms with E-state index in [1.54, 1.807) is 17.9 Å². The number of nitrogens with one attached hydrogen (secondary N) is 1. The molecule has 0 aliphatic carbocycles. The minimum Gasteiger partial charge on any atom is -0.348 e. The number of carbonyl (C=O) groups excluding carboxylic acids is 2. The highest BCUT2D eigenvalue weighted by molar-refractivity contribution is 7.89. The molecule has 0 spiro atoms. The van der Waals surface area contributed by atoms with Crippen LogP contribution in [0.4, 0.5) is 5.69 Å². The molecule has 27 heavy (non-hydrogen) atoms. The van der Waals surface area contributed by atoms with Crippen molar-refractivity contribution in [3.05, 3.63) is 59.2 Å². The molecule has 1 heterocycles. The van der Waals surface area contributed by atoms with Gasteiger partial charge in [-0.1, -0.05) is 18.2 Å². The third kappa shape index (κ3) is 4.35. The SMILES string of the molecule is Cc1ccc(S(N)(=O)=O)cc1C(=O)NCc1ccc(N2CCCC2=O)cc1. The summed E-state index contributed by atoms with van der Waals surface area (Å²) in [6.45, 7) is 2.74. The number of hydrogen-bond acceptors (Lipinski definition) is 4. The van der Waals surface area contributed by atoms with Crippen LogP contribution in [-0.4, -0.2) is 26.8 Å². The maximum Gasteiger partial charge on any atom is 0.251 e. The van der Waals surface area contributed by atoms with Gasteiger partial charge in [0, 0.05) is 30.8 Å². The van der Waals surface area contributed by atoms with Gasteiger partial charge in [0.15, 0.2) is 0 Å². The van der Waals surface area contributed by atoms with E-state index in [4.69, 9.17) is 5.14 Å². The highest BCUT2D eigenvalue weighted by atomic mass is 32.2. The summed E-state index contributed by atoms with van der Waals surface area (Å²) in [5.41, 5.74) is 2.65. The minimum atomic E-state index is -3.87. The molecule has 0 unspecified atom stereocenters. The number of benzene rings is 2. The van der Waals surface area contributed by atoms with Crippen molar-refractivity contribution >= 4 is 27.5 Å². The van der Waals surface area contributed by atoms with Gasteiger partial charge in [0.25, 0.3) is 5.91 Å². The van der Waals surface area contributed by atoms with E-state index in [0.29, 0.717) is 12.0 Å². The van der Waals surface area contributed by atoms with E-state index >= 15 is 0 Å². The largest absolute Gasteiger partial charge is 0.348 e. The smallest absolute Gasteiger partial charge is 0.251 e. The zero-order valence-corrected chi connectivity index (χ0v) is 15.8. The summed E-state index contributed by atoms with van der Waals surface area (Å²) in [5, 5.41) is 7.91. The first-order valence-corrected chi connectivity index (χ1v) is 10.1. The third-order valence-electron chi connectivity index (χ3n) is 4.56. The van der Waals surface area contributed by atoms with Crippen LogP contribution in [0, 0.1) is 6.92 Å². The van der Waals surface area contributed by atoms with E-state index in [1.807, 2.05) is 24.3 Å². The summed E-state index contributed by atoms with van der Waals surface area (Å²) in [5.74, 6) is -0.252. The molecule has 0 bridgehead atoms. The van der Waals surface area contributed by atoms with Crippen molar-refractivity contribution in [2.75, 3.05) is 11.4 Å². The van der Waals surface area contributed by atoms with E-state index < -0.39 is 10.0 Å². The van der Waals surface area contributed by atoms with Gasteiger partial charge in [0.2, 0.25) is 15.9 Å². The Bertz CT molecular complexity index is 985. The summed E-state index contributed by atoms with van der Waals surface area (Å²) in [7, 11) is -3.87. The van der Waals surface area contributed by atoms with E-state index in [0.717, 1.165) is 24.2 Å².